The molecule has 5 rings (SSSR count). The first kappa shape index (κ1) is 19.4. The topological polar surface area (TPSA) is 82.1 Å². The van der Waals surface area contributed by atoms with Crippen LogP contribution in [0.15, 0.2) is 33.9 Å². The molecule has 0 atom stereocenters. The number of anilines is 1. The van der Waals surface area contributed by atoms with E-state index in [-0.39, 0.29) is 0 Å². The molecule has 8 nitrogen and oxygen atoms in total. The van der Waals surface area contributed by atoms with Gasteiger partial charge < -0.3 is 14.2 Å². The summed E-state index contributed by atoms with van der Waals surface area (Å²) in [4.78, 5) is 6.94. The van der Waals surface area contributed by atoms with Crippen LogP contribution in [0.5, 0.6) is 5.75 Å². The van der Waals surface area contributed by atoms with Crippen LogP contribution >= 0.6 is 11.8 Å². The lowest BCUT2D eigenvalue weighted by Gasteiger charge is -2.31. The second-order valence-corrected chi connectivity index (χ2v) is 9.03. The van der Waals surface area contributed by atoms with Gasteiger partial charge in [-0.15, -0.1) is 10.2 Å². The highest BCUT2D eigenvalue weighted by atomic mass is 32.2. The molecule has 158 valence electrons. The highest BCUT2D eigenvalue weighted by molar-refractivity contribution is 7.98. The number of nitrogens with zero attached hydrogens (tertiary/aromatic N) is 6. The van der Waals surface area contributed by atoms with Crippen LogP contribution in [0.2, 0.25) is 0 Å². The van der Waals surface area contributed by atoms with E-state index in [9.17, 15) is 0 Å². The summed E-state index contributed by atoms with van der Waals surface area (Å²) in [5.74, 6) is 4.30. The zero-order valence-electron chi connectivity index (χ0n) is 17.3. The third kappa shape index (κ3) is 4.03. The highest BCUT2D eigenvalue weighted by Gasteiger charge is 2.32. The summed E-state index contributed by atoms with van der Waals surface area (Å²) in [5, 5.41) is 14.1. The Morgan fingerprint density at radius 1 is 1.17 bits per heavy atom. The molecule has 1 saturated heterocycles. The minimum Gasteiger partial charge on any atom is -0.497 e. The Balaban J connectivity index is 1.29. The lowest BCUT2D eigenvalue weighted by atomic mass is 10.00. The zero-order chi connectivity index (χ0) is 20.5. The van der Waals surface area contributed by atoms with Crippen molar-refractivity contribution >= 4 is 17.7 Å². The van der Waals surface area contributed by atoms with Gasteiger partial charge in [0.2, 0.25) is 17.7 Å². The quantitative estimate of drug-likeness (QED) is 0.520. The summed E-state index contributed by atoms with van der Waals surface area (Å²) in [6.45, 7) is 4.45. The average Bonchev–Trinajstić information content (AvgIpc) is 3.35. The van der Waals surface area contributed by atoms with Crippen molar-refractivity contribution in [1.29, 1.82) is 0 Å². The van der Waals surface area contributed by atoms with Crippen molar-refractivity contribution in [3.63, 3.8) is 0 Å². The van der Waals surface area contributed by atoms with E-state index >= 15 is 0 Å². The van der Waals surface area contributed by atoms with Gasteiger partial charge in [-0.2, -0.15) is 4.98 Å². The molecule has 0 N–H and O–H groups in total. The Morgan fingerprint density at radius 3 is 2.77 bits per heavy atom. The Morgan fingerprint density at radius 2 is 2.00 bits per heavy atom. The van der Waals surface area contributed by atoms with E-state index in [4.69, 9.17) is 9.26 Å². The fraction of sp³-hybridized carbons (Fsp3) is 0.524. The molecular weight excluding hydrogens is 400 g/mol. The lowest BCUT2D eigenvalue weighted by Crippen LogP contribution is -2.34. The van der Waals surface area contributed by atoms with Crippen LogP contribution in [-0.4, -0.2) is 45.1 Å². The number of ether oxygens (including phenoxy) is 1. The third-order valence-electron chi connectivity index (χ3n) is 5.75. The maximum absolute atomic E-state index is 5.47. The number of hydrogen-bond donors (Lipinski definition) is 0. The molecule has 30 heavy (non-hydrogen) atoms. The van der Waals surface area contributed by atoms with Crippen LogP contribution in [0.25, 0.3) is 11.4 Å². The lowest BCUT2D eigenvalue weighted by molar-refractivity contribution is 0.391. The monoisotopic (exact) mass is 426 g/mol. The first-order valence-electron chi connectivity index (χ1n) is 10.5. The minimum absolute atomic E-state index is 0.520. The molecule has 0 amide bonds. The Labute approximate surface area is 180 Å². The van der Waals surface area contributed by atoms with Crippen LogP contribution in [-0.2, 0) is 5.75 Å². The van der Waals surface area contributed by atoms with Gasteiger partial charge in [0.1, 0.15) is 5.75 Å². The molecule has 0 unspecified atom stereocenters. The van der Waals surface area contributed by atoms with Crippen LogP contribution in [0.4, 0.5) is 5.95 Å². The summed E-state index contributed by atoms with van der Waals surface area (Å²) < 4.78 is 13.1. The van der Waals surface area contributed by atoms with Gasteiger partial charge in [-0.3, -0.25) is 4.57 Å². The molecule has 9 heteroatoms. The molecule has 2 aliphatic rings. The first-order valence-corrected chi connectivity index (χ1v) is 11.5. The summed E-state index contributed by atoms with van der Waals surface area (Å²) in [5.41, 5.74) is 0.872. The number of methoxy groups -OCH3 is 1. The maximum atomic E-state index is 5.47. The number of thioether (sulfide) groups is 1. The SMILES string of the molecule is COc1cccc(-c2noc(CSc3nnc(N4CCC(C)CC4)n3C3CC3)n2)c1. The van der Waals surface area contributed by atoms with Crippen molar-refractivity contribution in [1.82, 2.24) is 24.9 Å². The fourth-order valence-electron chi connectivity index (χ4n) is 3.76. The largest absolute Gasteiger partial charge is 0.497 e. The van der Waals surface area contributed by atoms with Gasteiger partial charge in [-0.05, 0) is 43.7 Å². The Kier molecular flexibility index (Phi) is 5.37. The van der Waals surface area contributed by atoms with Crippen LogP contribution in [0.1, 0.15) is 44.5 Å². The van der Waals surface area contributed by atoms with E-state index in [1.54, 1.807) is 18.9 Å². The maximum Gasteiger partial charge on any atom is 0.237 e. The average molecular weight is 427 g/mol. The molecule has 3 aromatic rings. The first-order chi connectivity index (χ1) is 14.7. The molecule has 0 radical (unpaired) electrons. The van der Waals surface area contributed by atoms with Crippen molar-refractivity contribution in [3.05, 3.63) is 30.2 Å². The van der Waals surface area contributed by atoms with Crippen LogP contribution < -0.4 is 9.64 Å². The molecule has 1 aliphatic heterocycles. The molecule has 1 saturated carbocycles. The van der Waals surface area contributed by atoms with Gasteiger partial charge in [0.05, 0.1) is 12.9 Å². The van der Waals surface area contributed by atoms with Gasteiger partial charge >= 0.3 is 0 Å². The van der Waals surface area contributed by atoms with E-state index in [0.717, 1.165) is 41.4 Å². The summed E-state index contributed by atoms with van der Waals surface area (Å²) in [7, 11) is 1.64. The van der Waals surface area contributed by atoms with Gasteiger partial charge in [0, 0.05) is 24.7 Å². The summed E-state index contributed by atoms with van der Waals surface area (Å²) >= 11 is 1.61. The van der Waals surface area contributed by atoms with E-state index in [2.05, 4.69) is 36.7 Å². The third-order valence-corrected chi connectivity index (χ3v) is 6.67. The zero-order valence-corrected chi connectivity index (χ0v) is 18.1. The predicted molar refractivity (Wildman–Crippen MR) is 115 cm³/mol. The van der Waals surface area contributed by atoms with E-state index in [1.807, 2.05) is 24.3 Å². The van der Waals surface area contributed by atoms with Gasteiger partial charge in [-0.25, -0.2) is 0 Å². The standard InChI is InChI=1S/C21H26N6O2S/c1-14-8-10-26(11-9-14)20-23-24-21(27(20)16-6-7-16)30-13-18-22-19(25-29-18)15-4-3-5-17(12-15)28-2/h3-5,12,14,16H,6-11,13H2,1-2H3. The van der Waals surface area contributed by atoms with E-state index in [0.29, 0.717) is 23.5 Å². The molecule has 3 heterocycles. The molecule has 2 aromatic heterocycles. The van der Waals surface area contributed by atoms with Crippen molar-refractivity contribution in [2.24, 2.45) is 5.92 Å². The van der Waals surface area contributed by atoms with Crippen molar-refractivity contribution < 1.29 is 9.26 Å². The second-order valence-electron chi connectivity index (χ2n) is 8.09. The Hall–Kier alpha value is -2.55. The molecule has 1 aromatic carbocycles. The van der Waals surface area contributed by atoms with Crippen molar-refractivity contribution in [2.45, 2.75) is 49.6 Å². The molecule has 2 fully saturated rings. The number of aromatic nitrogens is 5. The van der Waals surface area contributed by atoms with Gasteiger partial charge in [0.15, 0.2) is 5.16 Å². The predicted octanol–water partition coefficient (Wildman–Crippen LogP) is 4.20. The minimum atomic E-state index is 0.520. The van der Waals surface area contributed by atoms with E-state index < -0.39 is 0 Å². The van der Waals surface area contributed by atoms with Crippen LogP contribution in [0.3, 0.4) is 0 Å². The molecular formula is C21H26N6O2S. The number of hydrogen-bond acceptors (Lipinski definition) is 8. The van der Waals surface area contributed by atoms with Crippen molar-refractivity contribution in [2.75, 3.05) is 25.1 Å². The molecule has 0 bridgehead atoms. The van der Waals surface area contributed by atoms with Crippen LogP contribution in [0, 0.1) is 5.92 Å². The highest BCUT2D eigenvalue weighted by Crippen LogP contribution is 2.42. The molecule has 1 aliphatic carbocycles. The summed E-state index contributed by atoms with van der Waals surface area (Å²) in [6, 6.07) is 8.18. The van der Waals surface area contributed by atoms with Crippen molar-refractivity contribution in [3.8, 4) is 17.1 Å². The van der Waals surface area contributed by atoms with Gasteiger partial charge in [0.25, 0.3) is 0 Å². The number of benzene rings is 1. The molecule has 0 spiro atoms. The van der Waals surface area contributed by atoms with E-state index in [1.165, 1.54) is 25.7 Å². The second kappa shape index (κ2) is 8.29. The fourth-order valence-corrected chi connectivity index (χ4v) is 4.60. The van der Waals surface area contributed by atoms with Gasteiger partial charge in [-0.1, -0.05) is 36.0 Å². The number of rotatable bonds is 7. The Bertz CT molecular complexity index is 1010. The normalized spacial score (nSPS) is 17.5. The smallest absolute Gasteiger partial charge is 0.237 e. The summed E-state index contributed by atoms with van der Waals surface area (Å²) in [6.07, 6.45) is 4.83. The number of piperidine rings is 1.